The molecule has 0 saturated carbocycles. The van der Waals surface area contributed by atoms with Crippen LogP contribution >= 0.6 is 0 Å². The lowest BCUT2D eigenvalue weighted by Crippen LogP contribution is -2.34. The monoisotopic (exact) mass is 216 g/mol. The Bertz CT molecular complexity index is 471. The van der Waals surface area contributed by atoms with Crippen LogP contribution in [-0.4, -0.2) is 24.2 Å². The van der Waals surface area contributed by atoms with Gasteiger partial charge in [-0.05, 0) is 38.1 Å². The molecule has 1 fully saturated rings. The minimum absolute atomic E-state index is 0.357. The van der Waals surface area contributed by atoms with Crippen molar-refractivity contribution < 1.29 is 4.74 Å². The Labute approximate surface area is 94.8 Å². The van der Waals surface area contributed by atoms with Crippen molar-refractivity contribution in [1.29, 1.82) is 0 Å². The van der Waals surface area contributed by atoms with Crippen LogP contribution in [-0.2, 0) is 0 Å². The van der Waals surface area contributed by atoms with Crippen LogP contribution in [0.2, 0.25) is 0 Å². The van der Waals surface area contributed by atoms with Crippen LogP contribution < -0.4 is 10.1 Å². The third-order valence-corrected chi connectivity index (χ3v) is 3.13. The zero-order chi connectivity index (χ0) is 10.8. The number of rotatable bonds is 2. The number of hydrogen-bond acceptors (Lipinski definition) is 2. The summed E-state index contributed by atoms with van der Waals surface area (Å²) in [6.07, 6.45) is 4.50. The molecular formula is C13H16N2O. The fraction of sp³-hybridized carbons (Fsp3) is 0.385. The Hall–Kier alpha value is -1.48. The quantitative estimate of drug-likeness (QED) is 0.808. The third kappa shape index (κ3) is 1.78. The number of piperidine rings is 1. The first-order valence-electron chi connectivity index (χ1n) is 5.87. The van der Waals surface area contributed by atoms with Gasteiger partial charge in [0, 0.05) is 11.6 Å². The van der Waals surface area contributed by atoms with Crippen LogP contribution in [0.5, 0.6) is 5.75 Å². The lowest BCUT2D eigenvalue weighted by Gasteiger charge is -2.24. The molecule has 1 aromatic carbocycles. The first kappa shape index (κ1) is 9.73. The molecule has 1 aliphatic heterocycles. The molecule has 1 aromatic heterocycles. The van der Waals surface area contributed by atoms with E-state index >= 15 is 0 Å². The van der Waals surface area contributed by atoms with Gasteiger partial charge in [-0.1, -0.05) is 12.1 Å². The highest BCUT2D eigenvalue weighted by molar-refractivity contribution is 5.85. The maximum Gasteiger partial charge on any atom is 0.143 e. The maximum atomic E-state index is 6.06. The van der Waals surface area contributed by atoms with Gasteiger partial charge in [0.15, 0.2) is 0 Å². The Morgan fingerprint density at radius 1 is 1.12 bits per heavy atom. The average molecular weight is 216 g/mol. The Morgan fingerprint density at radius 2 is 2.00 bits per heavy atom. The van der Waals surface area contributed by atoms with Crippen LogP contribution in [0.1, 0.15) is 12.8 Å². The molecule has 0 atom stereocenters. The van der Waals surface area contributed by atoms with Crippen LogP contribution in [0, 0.1) is 0 Å². The fourth-order valence-corrected chi connectivity index (χ4v) is 2.25. The van der Waals surface area contributed by atoms with Gasteiger partial charge in [0.25, 0.3) is 0 Å². The zero-order valence-electron chi connectivity index (χ0n) is 9.20. The predicted octanol–water partition coefficient (Wildman–Crippen LogP) is 2.30. The first-order valence-corrected chi connectivity index (χ1v) is 5.87. The second-order valence-corrected chi connectivity index (χ2v) is 4.27. The van der Waals surface area contributed by atoms with E-state index in [2.05, 4.69) is 22.4 Å². The van der Waals surface area contributed by atoms with Crippen LogP contribution in [0.15, 0.2) is 30.5 Å². The molecule has 2 N–H and O–H groups in total. The van der Waals surface area contributed by atoms with Crippen molar-refractivity contribution in [2.75, 3.05) is 13.1 Å². The van der Waals surface area contributed by atoms with E-state index in [4.69, 9.17) is 4.74 Å². The molecule has 3 nitrogen and oxygen atoms in total. The summed E-state index contributed by atoms with van der Waals surface area (Å²) >= 11 is 0. The molecule has 2 aromatic rings. The lowest BCUT2D eigenvalue weighted by atomic mass is 10.1. The molecule has 0 amide bonds. The van der Waals surface area contributed by atoms with Crippen molar-refractivity contribution in [1.82, 2.24) is 10.3 Å². The smallest absolute Gasteiger partial charge is 0.143 e. The summed E-state index contributed by atoms with van der Waals surface area (Å²) in [5.74, 6) is 0.981. The number of para-hydroxylation sites is 1. The summed E-state index contributed by atoms with van der Waals surface area (Å²) in [5.41, 5.74) is 1.11. The highest BCUT2D eigenvalue weighted by Crippen LogP contribution is 2.26. The van der Waals surface area contributed by atoms with E-state index in [1.54, 1.807) is 0 Å². The first-order chi connectivity index (χ1) is 7.93. The minimum atomic E-state index is 0.357. The Balaban J connectivity index is 1.85. The second-order valence-electron chi connectivity index (χ2n) is 4.27. The summed E-state index contributed by atoms with van der Waals surface area (Å²) < 4.78 is 6.06. The summed E-state index contributed by atoms with van der Waals surface area (Å²) in [4.78, 5) is 3.24. The number of fused-ring (bicyclic) bond motifs is 1. The molecule has 1 saturated heterocycles. The van der Waals surface area contributed by atoms with Crippen LogP contribution in [0.4, 0.5) is 0 Å². The van der Waals surface area contributed by atoms with Gasteiger partial charge in [-0.2, -0.15) is 0 Å². The summed E-state index contributed by atoms with van der Waals surface area (Å²) in [5, 5.41) is 4.56. The summed E-state index contributed by atoms with van der Waals surface area (Å²) in [6.45, 7) is 2.12. The van der Waals surface area contributed by atoms with Gasteiger partial charge in [0.2, 0.25) is 0 Å². The van der Waals surface area contributed by atoms with Crippen molar-refractivity contribution in [2.24, 2.45) is 0 Å². The number of nitrogens with one attached hydrogen (secondary N) is 2. The molecule has 0 radical (unpaired) electrons. The molecule has 16 heavy (non-hydrogen) atoms. The van der Waals surface area contributed by atoms with E-state index in [1.165, 1.54) is 5.39 Å². The van der Waals surface area contributed by atoms with E-state index in [-0.39, 0.29) is 0 Å². The zero-order valence-corrected chi connectivity index (χ0v) is 9.20. The normalized spacial score (nSPS) is 17.8. The summed E-state index contributed by atoms with van der Waals surface area (Å²) in [6, 6.07) is 8.26. The van der Waals surface area contributed by atoms with Crippen molar-refractivity contribution in [3.8, 4) is 5.75 Å². The highest BCUT2D eigenvalue weighted by atomic mass is 16.5. The van der Waals surface area contributed by atoms with E-state index in [9.17, 15) is 0 Å². The number of H-pyrrole nitrogens is 1. The van der Waals surface area contributed by atoms with Gasteiger partial charge in [-0.15, -0.1) is 0 Å². The van der Waals surface area contributed by atoms with E-state index < -0.39 is 0 Å². The lowest BCUT2D eigenvalue weighted by molar-refractivity contribution is 0.164. The van der Waals surface area contributed by atoms with E-state index in [0.717, 1.165) is 37.2 Å². The minimum Gasteiger partial charge on any atom is -0.488 e. The molecule has 1 aliphatic rings. The standard InChI is InChI=1S/C13H16N2O/c1-2-10-4-9-15-13(10)12(3-1)16-11-5-7-14-8-6-11/h1-4,9,11,14-15H,5-8H2. The molecule has 84 valence electrons. The molecule has 0 aliphatic carbocycles. The van der Waals surface area contributed by atoms with Crippen molar-refractivity contribution in [3.63, 3.8) is 0 Å². The van der Waals surface area contributed by atoms with E-state index in [1.807, 2.05) is 18.3 Å². The molecular weight excluding hydrogens is 200 g/mol. The van der Waals surface area contributed by atoms with Crippen LogP contribution in [0.3, 0.4) is 0 Å². The second kappa shape index (κ2) is 4.18. The van der Waals surface area contributed by atoms with Gasteiger partial charge in [0.05, 0.1) is 5.52 Å². The summed E-state index contributed by atoms with van der Waals surface area (Å²) in [7, 11) is 0. The fourth-order valence-electron chi connectivity index (χ4n) is 2.25. The number of aromatic nitrogens is 1. The van der Waals surface area contributed by atoms with Gasteiger partial charge < -0.3 is 15.0 Å². The Morgan fingerprint density at radius 3 is 2.88 bits per heavy atom. The van der Waals surface area contributed by atoms with Gasteiger partial charge in [-0.25, -0.2) is 0 Å². The van der Waals surface area contributed by atoms with Gasteiger partial charge in [-0.3, -0.25) is 0 Å². The number of benzene rings is 1. The van der Waals surface area contributed by atoms with Crippen molar-refractivity contribution >= 4 is 10.9 Å². The highest BCUT2D eigenvalue weighted by Gasteiger charge is 2.15. The van der Waals surface area contributed by atoms with Gasteiger partial charge >= 0.3 is 0 Å². The van der Waals surface area contributed by atoms with Gasteiger partial charge in [0.1, 0.15) is 11.9 Å². The SMILES string of the molecule is c1cc(OC2CCNCC2)c2[nH]ccc2c1. The van der Waals surface area contributed by atoms with E-state index in [0.29, 0.717) is 6.10 Å². The maximum absolute atomic E-state index is 6.06. The molecule has 0 unspecified atom stereocenters. The number of aromatic amines is 1. The largest absolute Gasteiger partial charge is 0.488 e. The Kier molecular flexibility index (Phi) is 2.54. The molecule has 2 heterocycles. The molecule has 3 heteroatoms. The van der Waals surface area contributed by atoms with Crippen LogP contribution in [0.25, 0.3) is 10.9 Å². The third-order valence-electron chi connectivity index (χ3n) is 3.13. The predicted molar refractivity (Wildman–Crippen MR) is 64.8 cm³/mol. The molecule has 0 bridgehead atoms. The molecule has 3 rings (SSSR count). The molecule has 0 spiro atoms. The van der Waals surface area contributed by atoms with Crippen molar-refractivity contribution in [2.45, 2.75) is 18.9 Å². The number of ether oxygens (including phenoxy) is 1. The van der Waals surface area contributed by atoms with Crippen molar-refractivity contribution in [3.05, 3.63) is 30.5 Å². The topological polar surface area (TPSA) is 37.0 Å². The average Bonchev–Trinajstić information content (AvgIpc) is 2.80. The number of hydrogen-bond donors (Lipinski definition) is 2.